The number of rotatable bonds is 2. The maximum Gasteiger partial charge on any atom is 0.446 e. The van der Waals surface area contributed by atoms with E-state index >= 15 is 0 Å². The number of alkyl halides is 3. The number of carbonyl (C=O) groups is 1. The fourth-order valence-electron chi connectivity index (χ4n) is 1.15. The lowest BCUT2D eigenvalue weighted by Gasteiger charge is -2.10. The molecule has 0 N–H and O–H groups in total. The Morgan fingerprint density at radius 3 is 2.50 bits per heavy atom. The van der Waals surface area contributed by atoms with Crippen LogP contribution < -0.4 is 0 Å². The molecule has 0 unspecified atom stereocenters. The first kappa shape index (κ1) is 14.3. The Labute approximate surface area is 103 Å². The van der Waals surface area contributed by atoms with E-state index in [4.69, 9.17) is 5.26 Å². The summed E-state index contributed by atoms with van der Waals surface area (Å²) in [4.78, 5) is 10.5. The molecule has 0 heterocycles. The molecule has 0 saturated heterocycles. The van der Waals surface area contributed by atoms with Gasteiger partial charge in [-0.15, -0.1) is 0 Å². The number of hydrogen-bond acceptors (Lipinski definition) is 4. The summed E-state index contributed by atoms with van der Waals surface area (Å²) >= 11 is -0.677. The van der Waals surface area contributed by atoms with Crippen molar-refractivity contribution in [3.63, 3.8) is 0 Å². The van der Waals surface area contributed by atoms with Crippen molar-refractivity contribution >= 4 is 17.7 Å². The highest BCUT2D eigenvalue weighted by atomic mass is 32.2. The first-order valence-corrected chi connectivity index (χ1v) is 5.18. The highest BCUT2D eigenvalue weighted by Crippen LogP contribution is 2.39. The third-order valence-corrected chi connectivity index (χ3v) is 2.57. The van der Waals surface area contributed by atoms with Gasteiger partial charge in [0.1, 0.15) is 11.4 Å². The van der Waals surface area contributed by atoms with Gasteiger partial charge in [-0.2, -0.15) is 18.4 Å². The van der Waals surface area contributed by atoms with Crippen LogP contribution in [0.4, 0.5) is 17.6 Å². The van der Waals surface area contributed by atoms with Gasteiger partial charge in [-0.1, -0.05) is 0 Å². The minimum Gasteiger partial charge on any atom is -0.465 e. The highest BCUT2D eigenvalue weighted by Gasteiger charge is 2.33. The SMILES string of the molecule is COC(=O)c1c(F)cc(C#N)cc1SC(F)(F)F. The molecule has 0 aliphatic carbocycles. The molecular weight excluding hydrogens is 274 g/mol. The zero-order valence-electron chi connectivity index (χ0n) is 8.84. The minimum absolute atomic E-state index is 0.313. The summed E-state index contributed by atoms with van der Waals surface area (Å²) in [6.45, 7) is 0. The Morgan fingerprint density at radius 1 is 1.44 bits per heavy atom. The van der Waals surface area contributed by atoms with E-state index in [0.29, 0.717) is 6.07 Å². The molecule has 1 rings (SSSR count). The van der Waals surface area contributed by atoms with Crippen molar-refractivity contribution in [1.82, 2.24) is 0 Å². The number of hydrogen-bond donors (Lipinski definition) is 0. The van der Waals surface area contributed by atoms with Crippen LogP contribution in [-0.2, 0) is 4.74 Å². The van der Waals surface area contributed by atoms with Crippen LogP contribution in [0.5, 0.6) is 0 Å². The number of carbonyl (C=O) groups excluding carboxylic acids is 1. The van der Waals surface area contributed by atoms with Gasteiger partial charge in [-0.25, -0.2) is 9.18 Å². The zero-order valence-corrected chi connectivity index (χ0v) is 9.66. The van der Waals surface area contributed by atoms with Crippen molar-refractivity contribution in [2.24, 2.45) is 0 Å². The summed E-state index contributed by atoms with van der Waals surface area (Å²) in [5.74, 6) is -2.46. The van der Waals surface area contributed by atoms with Gasteiger partial charge in [-0.05, 0) is 23.9 Å². The van der Waals surface area contributed by atoms with E-state index in [-0.39, 0.29) is 5.56 Å². The van der Waals surface area contributed by atoms with Crippen molar-refractivity contribution in [2.45, 2.75) is 10.4 Å². The second-order valence-electron chi connectivity index (χ2n) is 2.98. The number of esters is 1. The Bertz CT molecular complexity index is 522. The molecule has 0 saturated carbocycles. The van der Waals surface area contributed by atoms with Gasteiger partial charge in [-0.3, -0.25) is 0 Å². The fraction of sp³-hybridized carbons (Fsp3) is 0.200. The van der Waals surface area contributed by atoms with Gasteiger partial charge in [0.15, 0.2) is 0 Å². The maximum atomic E-state index is 13.5. The summed E-state index contributed by atoms with van der Waals surface area (Å²) in [5, 5.41) is 8.55. The molecule has 18 heavy (non-hydrogen) atoms. The van der Waals surface area contributed by atoms with Gasteiger partial charge < -0.3 is 4.74 Å². The number of nitrogens with zero attached hydrogens (tertiary/aromatic N) is 1. The maximum absolute atomic E-state index is 13.5. The summed E-state index contributed by atoms with van der Waals surface area (Å²) in [6, 6.07) is 2.96. The number of benzene rings is 1. The Balaban J connectivity index is 3.39. The monoisotopic (exact) mass is 279 g/mol. The largest absolute Gasteiger partial charge is 0.465 e. The zero-order chi connectivity index (χ0) is 13.9. The molecule has 1 aromatic rings. The van der Waals surface area contributed by atoms with Crippen LogP contribution in [0.15, 0.2) is 17.0 Å². The molecule has 8 heteroatoms. The van der Waals surface area contributed by atoms with Crippen LogP contribution in [0.1, 0.15) is 15.9 Å². The molecule has 0 radical (unpaired) electrons. The van der Waals surface area contributed by atoms with Crippen molar-refractivity contribution < 1.29 is 27.1 Å². The normalized spacial score (nSPS) is 10.9. The van der Waals surface area contributed by atoms with Gasteiger partial charge in [0.25, 0.3) is 0 Å². The molecule has 0 bridgehead atoms. The van der Waals surface area contributed by atoms with Crippen LogP contribution in [0.3, 0.4) is 0 Å². The average Bonchev–Trinajstić information content (AvgIpc) is 2.25. The second kappa shape index (κ2) is 5.27. The molecule has 0 amide bonds. The Kier molecular flexibility index (Phi) is 4.19. The van der Waals surface area contributed by atoms with Crippen LogP contribution in [0.2, 0.25) is 0 Å². The lowest BCUT2D eigenvalue weighted by Crippen LogP contribution is -2.10. The first-order valence-electron chi connectivity index (χ1n) is 4.36. The van der Waals surface area contributed by atoms with E-state index in [9.17, 15) is 22.4 Å². The van der Waals surface area contributed by atoms with E-state index < -0.39 is 39.5 Å². The molecule has 1 aromatic carbocycles. The molecule has 0 fully saturated rings. The smallest absolute Gasteiger partial charge is 0.446 e. The third-order valence-electron chi connectivity index (χ3n) is 1.80. The fourth-order valence-corrected chi connectivity index (χ4v) is 1.87. The lowest BCUT2D eigenvalue weighted by molar-refractivity contribution is -0.0328. The highest BCUT2D eigenvalue weighted by molar-refractivity contribution is 8.00. The number of nitriles is 1. The second-order valence-corrected chi connectivity index (χ2v) is 4.09. The summed E-state index contributed by atoms with van der Waals surface area (Å²) in [7, 11) is 0.919. The molecule has 3 nitrogen and oxygen atoms in total. The molecule has 0 aromatic heterocycles. The predicted molar refractivity (Wildman–Crippen MR) is 54.4 cm³/mol. The van der Waals surface area contributed by atoms with Gasteiger partial charge in [0.2, 0.25) is 0 Å². The standard InChI is InChI=1S/C10H5F4NO2S/c1-17-9(16)8-6(11)2-5(4-15)3-7(8)18-10(12,13)14/h2-3H,1H3. The molecule has 96 valence electrons. The van der Waals surface area contributed by atoms with Crippen molar-refractivity contribution in [2.75, 3.05) is 7.11 Å². The number of halogens is 4. The van der Waals surface area contributed by atoms with Gasteiger partial charge in [0, 0.05) is 4.90 Å². The van der Waals surface area contributed by atoms with Crippen molar-refractivity contribution in [3.05, 3.63) is 29.1 Å². The van der Waals surface area contributed by atoms with Gasteiger partial charge >= 0.3 is 11.5 Å². The quantitative estimate of drug-likeness (QED) is 0.474. The molecular formula is C10H5F4NO2S. The predicted octanol–water partition coefficient (Wildman–Crippen LogP) is 3.10. The number of methoxy groups -OCH3 is 1. The first-order chi connectivity index (χ1) is 8.28. The lowest BCUT2D eigenvalue weighted by atomic mass is 10.1. The molecule has 0 aliphatic rings. The van der Waals surface area contributed by atoms with E-state index in [1.807, 2.05) is 0 Å². The van der Waals surface area contributed by atoms with Gasteiger partial charge in [0.05, 0.1) is 18.7 Å². The van der Waals surface area contributed by atoms with Crippen LogP contribution in [0.25, 0.3) is 0 Å². The topological polar surface area (TPSA) is 50.1 Å². The molecule has 0 aliphatic heterocycles. The average molecular weight is 279 g/mol. The van der Waals surface area contributed by atoms with Crippen molar-refractivity contribution in [3.8, 4) is 6.07 Å². The molecule has 0 spiro atoms. The number of ether oxygens (including phenoxy) is 1. The summed E-state index contributed by atoms with van der Waals surface area (Å²) in [5.41, 5.74) is -5.85. The molecule has 0 atom stereocenters. The minimum atomic E-state index is -4.71. The van der Waals surface area contributed by atoms with E-state index in [0.717, 1.165) is 13.2 Å². The summed E-state index contributed by atoms with van der Waals surface area (Å²) < 4.78 is 54.5. The van der Waals surface area contributed by atoms with E-state index in [1.165, 1.54) is 6.07 Å². The Morgan fingerprint density at radius 2 is 2.06 bits per heavy atom. The summed E-state index contributed by atoms with van der Waals surface area (Å²) in [6.07, 6.45) is 0. The van der Waals surface area contributed by atoms with Crippen molar-refractivity contribution in [1.29, 1.82) is 5.26 Å². The van der Waals surface area contributed by atoms with Crippen LogP contribution >= 0.6 is 11.8 Å². The Hall–Kier alpha value is -1.75. The van der Waals surface area contributed by atoms with E-state index in [1.54, 1.807) is 0 Å². The van der Waals surface area contributed by atoms with E-state index in [2.05, 4.69) is 4.74 Å². The van der Waals surface area contributed by atoms with Crippen LogP contribution in [0, 0.1) is 17.1 Å². The van der Waals surface area contributed by atoms with Crippen LogP contribution in [-0.4, -0.2) is 18.6 Å². The third kappa shape index (κ3) is 3.37. The number of thioether (sulfide) groups is 1.